The first kappa shape index (κ1) is 16.7. The monoisotopic (exact) mass is 355 g/mol. The molecule has 1 heterocycles. The topological polar surface area (TPSA) is 47.0 Å². The van der Waals surface area contributed by atoms with Gasteiger partial charge >= 0.3 is 0 Å². The van der Waals surface area contributed by atoms with Gasteiger partial charge in [0.25, 0.3) is 0 Å². The number of nitrogens with zero attached hydrogens (tertiary/aromatic N) is 2. The summed E-state index contributed by atoms with van der Waals surface area (Å²) in [6.45, 7) is 10.00. The Morgan fingerprint density at radius 3 is 2.43 bits per heavy atom. The van der Waals surface area contributed by atoms with Gasteiger partial charge in [-0.25, -0.2) is 9.97 Å². The first-order valence-corrected chi connectivity index (χ1v) is 8.79. The van der Waals surface area contributed by atoms with E-state index in [2.05, 4.69) is 42.0 Å². The quantitative estimate of drug-likeness (QED) is 0.809. The van der Waals surface area contributed by atoms with Crippen LogP contribution in [0.5, 0.6) is 0 Å². The lowest BCUT2D eigenvalue weighted by atomic mass is 10.00. The van der Waals surface area contributed by atoms with Crippen molar-refractivity contribution in [2.24, 2.45) is 0 Å². The average Bonchev–Trinajstić information content (AvgIpc) is 2.91. The SMILES string of the molecule is CCNc1nc(C2(OCC)CCCC2)nc(C(C)C)c1Br. The van der Waals surface area contributed by atoms with E-state index in [-0.39, 0.29) is 5.60 Å². The Bertz CT molecular complexity index is 485. The lowest BCUT2D eigenvalue weighted by molar-refractivity contribution is -0.0458. The summed E-state index contributed by atoms with van der Waals surface area (Å²) >= 11 is 3.65. The number of aromatic nitrogens is 2. The molecule has 0 unspecified atom stereocenters. The first-order valence-electron chi connectivity index (χ1n) is 7.99. The number of hydrogen-bond donors (Lipinski definition) is 1. The van der Waals surface area contributed by atoms with Gasteiger partial charge in [-0.05, 0) is 61.4 Å². The van der Waals surface area contributed by atoms with Crippen LogP contribution in [0.1, 0.15) is 70.8 Å². The zero-order valence-electron chi connectivity index (χ0n) is 13.5. The standard InChI is InChI=1S/C16H26BrN3O/c1-5-18-14-12(17)13(11(3)4)19-15(20-14)16(21-6-2)9-7-8-10-16/h11H,5-10H2,1-4H3,(H,18,19,20). The molecule has 0 atom stereocenters. The van der Waals surface area contributed by atoms with Crippen LogP contribution in [0.25, 0.3) is 0 Å². The summed E-state index contributed by atoms with van der Waals surface area (Å²) in [7, 11) is 0. The van der Waals surface area contributed by atoms with Crippen LogP contribution in [0, 0.1) is 0 Å². The lowest BCUT2D eigenvalue weighted by Crippen LogP contribution is -2.30. The Morgan fingerprint density at radius 1 is 1.24 bits per heavy atom. The minimum absolute atomic E-state index is 0.288. The number of halogens is 1. The summed E-state index contributed by atoms with van der Waals surface area (Å²) < 4.78 is 7.10. The van der Waals surface area contributed by atoms with Crippen LogP contribution in [0.4, 0.5) is 5.82 Å². The number of hydrogen-bond acceptors (Lipinski definition) is 4. The van der Waals surface area contributed by atoms with E-state index in [9.17, 15) is 0 Å². The van der Waals surface area contributed by atoms with Gasteiger partial charge < -0.3 is 10.1 Å². The van der Waals surface area contributed by atoms with Crippen molar-refractivity contribution in [1.29, 1.82) is 0 Å². The van der Waals surface area contributed by atoms with Crippen molar-refractivity contribution in [2.45, 2.75) is 64.9 Å². The van der Waals surface area contributed by atoms with Gasteiger partial charge in [0.1, 0.15) is 11.4 Å². The van der Waals surface area contributed by atoms with Crippen molar-refractivity contribution in [3.8, 4) is 0 Å². The molecular formula is C16H26BrN3O. The van der Waals surface area contributed by atoms with Crippen LogP contribution in [0.15, 0.2) is 4.47 Å². The fourth-order valence-corrected chi connectivity index (χ4v) is 3.77. The Hall–Kier alpha value is -0.680. The maximum atomic E-state index is 6.12. The molecule has 1 fully saturated rings. The van der Waals surface area contributed by atoms with Gasteiger partial charge in [-0.15, -0.1) is 0 Å². The van der Waals surface area contributed by atoms with Crippen LogP contribution in [0.3, 0.4) is 0 Å². The number of ether oxygens (including phenoxy) is 1. The first-order chi connectivity index (χ1) is 10.0. The van der Waals surface area contributed by atoms with E-state index >= 15 is 0 Å². The minimum atomic E-state index is -0.288. The van der Waals surface area contributed by atoms with Crippen molar-refractivity contribution in [3.05, 3.63) is 16.0 Å². The molecule has 0 bridgehead atoms. The molecular weight excluding hydrogens is 330 g/mol. The molecule has 0 amide bonds. The normalized spacial score (nSPS) is 17.4. The van der Waals surface area contributed by atoms with Crippen molar-refractivity contribution in [3.63, 3.8) is 0 Å². The molecule has 1 aromatic rings. The molecule has 1 saturated carbocycles. The second kappa shape index (κ2) is 7.05. The van der Waals surface area contributed by atoms with E-state index in [4.69, 9.17) is 14.7 Å². The molecule has 0 aromatic carbocycles. The van der Waals surface area contributed by atoms with Gasteiger partial charge in [0.05, 0.1) is 10.2 Å². The van der Waals surface area contributed by atoms with Crippen LogP contribution in [0.2, 0.25) is 0 Å². The van der Waals surface area contributed by atoms with E-state index in [0.717, 1.165) is 41.2 Å². The molecule has 21 heavy (non-hydrogen) atoms. The lowest BCUT2D eigenvalue weighted by Gasteiger charge is -2.29. The van der Waals surface area contributed by atoms with E-state index < -0.39 is 0 Å². The van der Waals surface area contributed by atoms with Crippen molar-refractivity contribution >= 4 is 21.7 Å². The van der Waals surface area contributed by atoms with Crippen molar-refractivity contribution in [2.75, 3.05) is 18.5 Å². The summed E-state index contributed by atoms with van der Waals surface area (Å²) in [4.78, 5) is 9.65. The number of nitrogens with one attached hydrogen (secondary N) is 1. The maximum Gasteiger partial charge on any atom is 0.162 e. The van der Waals surface area contributed by atoms with E-state index in [1.54, 1.807) is 0 Å². The molecule has 0 spiro atoms. The summed E-state index contributed by atoms with van der Waals surface area (Å²) in [6, 6.07) is 0. The highest BCUT2D eigenvalue weighted by atomic mass is 79.9. The van der Waals surface area contributed by atoms with Gasteiger partial charge in [0, 0.05) is 13.2 Å². The number of rotatable bonds is 6. The molecule has 118 valence electrons. The fraction of sp³-hybridized carbons (Fsp3) is 0.750. The molecule has 0 radical (unpaired) electrons. The third kappa shape index (κ3) is 3.39. The predicted molar refractivity (Wildman–Crippen MR) is 89.8 cm³/mol. The smallest absolute Gasteiger partial charge is 0.162 e. The largest absolute Gasteiger partial charge is 0.369 e. The highest BCUT2D eigenvalue weighted by Gasteiger charge is 2.40. The van der Waals surface area contributed by atoms with Gasteiger partial charge in [-0.1, -0.05) is 13.8 Å². The second-order valence-corrected chi connectivity index (χ2v) is 6.71. The highest BCUT2D eigenvalue weighted by Crippen LogP contribution is 2.42. The van der Waals surface area contributed by atoms with Gasteiger partial charge in [-0.3, -0.25) is 0 Å². The Morgan fingerprint density at radius 2 is 1.90 bits per heavy atom. The van der Waals surface area contributed by atoms with Crippen LogP contribution in [-0.2, 0) is 10.3 Å². The zero-order chi connectivity index (χ0) is 15.5. The highest BCUT2D eigenvalue weighted by molar-refractivity contribution is 9.10. The van der Waals surface area contributed by atoms with Crippen LogP contribution < -0.4 is 5.32 Å². The molecule has 0 saturated heterocycles. The molecule has 2 rings (SSSR count). The van der Waals surface area contributed by atoms with Gasteiger partial charge in [0.2, 0.25) is 0 Å². The number of anilines is 1. The maximum absolute atomic E-state index is 6.12. The van der Waals surface area contributed by atoms with Crippen LogP contribution in [-0.4, -0.2) is 23.1 Å². The summed E-state index contributed by atoms with van der Waals surface area (Å²) in [5, 5.41) is 3.34. The third-order valence-electron chi connectivity index (χ3n) is 4.01. The van der Waals surface area contributed by atoms with Crippen LogP contribution >= 0.6 is 15.9 Å². The fourth-order valence-electron chi connectivity index (χ4n) is 2.99. The summed E-state index contributed by atoms with van der Waals surface area (Å²) in [5.41, 5.74) is 0.769. The molecule has 1 aliphatic rings. The second-order valence-electron chi connectivity index (χ2n) is 5.91. The molecule has 1 aromatic heterocycles. The van der Waals surface area contributed by atoms with Gasteiger partial charge in [0.15, 0.2) is 5.82 Å². The summed E-state index contributed by atoms with van der Waals surface area (Å²) in [6.07, 6.45) is 4.41. The van der Waals surface area contributed by atoms with E-state index in [0.29, 0.717) is 12.5 Å². The van der Waals surface area contributed by atoms with Crippen molar-refractivity contribution < 1.29 is 4.74 Å². The Kier molecular flexibility index (Phi) is 5.60. The van der Waals surface area contributed by atoms with Crippen molar-refractivity contribution in [1.82, 2.24) is 9.97 Å². The Balaban J connectivity index is 2.51. The third-order valence-corrected chi connectivity index (χ3v) is 4.79. The Labute approximate surface area is 136 Å². The van der Waals surface area contributed by atoms with E-state index in [1.807, 2.05) is 6.92 Å². The summed E-state index contributed by atoms with van der Waals surface area (Å²) in [5.74, 6) is 2.08. The van der Waals surface area contributed by atoms with Gasteiger partial charge in [-0.2, -0.15) is 0 Å². The predicted octanol–water partition coefficient (Wildman–Crippen LogP) is 4.60. The minimum Gasteiger partial charge on any atom is -0.369 e. The molecule has 1 N–H and O–H groups in total. The molecule has 4 nitrogen and oxygen atoms in total. The molecule has 1 aliphatic carbocycles. The zero-order valence-corrected chi connectivity index (χ0v) is 15.1. The average molecular weight is 356 g/mol. The molecule has 5 heteroatoms. The molecule has 0 aliphatic heterocycles. The van der Waals surface area contributed by atoms with E-state index in [1.165, 1.54) is 12.8 Å².